The van der Waals surface area contributed by atoms with Gasteiger partial charge in [-0.2, -0.15) is 0 Å². The molecule has 15 heavy (non-hydrogen) atoms. The van der Waals surface area contributed by atoms with Crippen LogP contribution in [-0.4, -0.2) is 14.8 Å². The molecule has 84 valence electrons. The van der Waals surface area contributed by atoms with Gasteiger partial charge in [0, 0.05) is 12.5 Å². The standard InChI is InChI=1S/C11H18BrN3/c1-3-6-15-10(7-12)13-14-11(15)8(2)9-4-5-9/h8-9H,3-7H2,1-2H3. The lowest BCUT2D eigenvalue weighted by molar-refractivity contribution is 0.545. The van der Waals surface area contributed by atoms with Gasteiger partial charge < -0.3 is 4.57 Å². The van der Waals surface area contributed by atoms with Gasteiger partial charge in [-0.3, -0.25) is 0 Å². The van der Waals surface area contributed by atoms with Gasteiger partial charge in [-0.25, -0.2) is 0 Å². The van der Waals surface area contributed by atoms with Crippen LogP contribution >= 0.6 is 15.9 Å². The van der Waals surface area contributed by atoms with Crippen molar-refractivity contribution >= 4 is 15.9 Å². The first-order valence-corrected chi connectivity index (χ1v) is 6.88. The molecule has 0 amide bonds. The first-order valence-electron chi connectivity index (χ1n) is 5.75. The Kier molecular flexibility index (Phi) is 3.44. The minimum Gasteiger partial charge on any atom is -0.314 e. The average molecular weight is 272 g/mol. The predicted octanol–water partition coefficient (Wildman–Crippen LogP) is 3.10. The topological polar surface area (TPSA) is 30.7 Å². The molecule has 4 heteroatoms. The second kappa shape index (κ2) is 4.64. The normalized spacial score (nSPS) is 18.1. The number of nitrogens with zero attached hydrogens (tertiary/aromatic N) is 3. The third-order valence-electron chi connectivity index (χ3n) is 3.16. The van der Waals surface area contributed by atoms with Crippen molar-refractivity contribution in [2.75, 3.05) is 0 Å². The quantitative estimate of drug-likeness (QED) is 0.771. The maximum Gasteiger partial charge on any atom is 0.143 e. The summed E-state index contributed by atoms with van der Waals surface area (Å²) >= 11 is 3.47. The second-order valence-corrected chi connectivity index (χ2v) is 4.95. The molecule has 0 aliphatic heterocycles. The van der Waals surface area contributed by atoms with E-state index in [-0.39, 0.29) is 0 Å². The van der Waals surface area contributed by atoms with Crippen molar-refractivity contribution in [2.45, 2.75) is 50.9 Å². The summed E-state index contributed by atoms with van der Waals surface area (Å²) in [4.78, 5) is 0. The van der Waals surface area contributed by atoms with Crippen LogP contribution in [0.4, 0.5) is 0 Å². The molecular formula is C11H18BrN3. The van der Waals surface area contributed by atoms with E-state index in [0.717, 1.165) is 30.0 Å². The second-order valence-electron chi connectivity index (χ2n) is 4.39. The molecule has 0 N–H and O–H groups in total. The summed E-state index contributed by atoms with van der Waals surface area (Å²) in [6.07, 6.45) is 3.87. The van der Waals surface area contributed by atoms with Gasteiger partial charge in [0.15, 0.2) is 0 Å². The molecule has 0 radical (unpaired) electrons. The van der Waals surface area contributed by atoms with Crippen LogP contribution in [0.3, 0.4) is 0 Å². The molecule has 0 aromatic carbocycles. The highest BCUT2D eigenvalue weighted by Crippen LogP contribution is 2.41. The zero-order valence-corrected chi connectivity index (χ0v) is 11.0. The average Bonchev–Trinajstić information content (AvgIpc) is 3.00. The molecule has 0 spiro atoms. The predicted molar refractivity (Wildman–Crippen MR) is 64.1 cm³/mol. The van der Waals surface area contributed by atoms with Crippen LogP contribution in [0.25, 0.3) is 0 Å². The van der Waals surface area contributed by atoms with Crippen molar-refractivity contribution in [2.24, 2.45) is 5.92 Å². The van der Waals surface area contributed by atoms with Crippen molar-refractivity contribution in [3.05, 3.63) is 11.6 Å². The number of aromatic nitrogens is 3. The Bertz CT molecular complexity index is 331. The lowest BCUT2D eigenvalue weighted by atomic mass is 10.1. The number of hydrogen-bond donors (Lipinski definition) is 0. The molecule has 1 aromatic rings. The zero-order chi connectivity index (χ0) is 10.8. The first kappa shape index (κ1) is 11.1. The van der Waals surface area contributed by atoms with Crippen LogP contribution in [0.15, 0.2) is 0 Å². The summed E-state index contributed by atoms with van der Waals surface area (Å²) in [6.45, 7) is 5.52. The van der Waals surface area contributed by atoms with Gasteiger partial charge in [0.25, 0.3) is 0 Å². The van der Waals surface area contributed by atoms with E-state index >= 15 is 0 Å². The first-order chi connectivity index (χ1) is 7.27. The van der Waals surface area contributed by atoms with Crippen LogP contribution in [0.2, 0.25) is 0 Å². The third kappa shape index (κ3) is 2.25. The zero-order valence-electron chi connectivity index (χ0n) is 9.41. The van der Waals surface area contributed by atoms with E-state index in [2.05, 4.69) is 44.5 Å². The minimum atomic E-state index is 0.580. The highest BCUT2D eigenvalue weighted by molar-refractivity contribution is 9.08. The Balaban J connectivity index is 2.24. The van der Waals surface area contributed by atoms with E-state index in [1.165, 1.54) is 18.7 Å². The fraction of sp³-hybridized carbons (Fsp3) is 0.818. The fourth-order valence-corrected chi connectivity index (χ4v) is 2.47. The largest absolute Gasteiger partial charge is 0.314 e. The fourth-order valence-electron chi connectivity index (χ4n) is 2.06. The molecule has 0 bridgehead atoms. The molecule has 1 aromatic heterocycles. The summed E-state index contributed by atoms with van der Waals surface area (Å²) in [5.41, 5.74) is 0. The highest BCUT2D eigenvalue weighted by atomic mass is 79.9. The van der Waals surface area contributed by atoms with Crippen molar-refractivity contribution in [3.63, 3.8) is 0 Å². The van der Waals surface area contributed by atoms with E-state index in [1.807, 2.05) is 0 Å². The van der Waals surface area contributed by atoms with Gasteiger partial charge in [0.2, 0.25) is 0 Å². The van der Waals surface area contributed by atoms with Gasteiger partial charge in [-0.1, -0.05) is 29.8 Å². The van der Waals surface area contributed by atoms with Crippen molar-refractivity contribution in [1.29, 1.82) is 0 Å². The van der Waals surface area contributed by atoms with E-state index < -0.39 is 0 Å². The molecule has 2 rings (SSSR count). The number of hydrogen-bond acceptors (Lipinski definition) is 2. The number of alkyl halides is 1. The monoisotopic (exact) mass is 271 g/mol. The molecule has 1 heterocycles. The summed E-state index contributed by atoms with van der Waals surface area (Å²) in [6, 6.07) is 0. The number of halogens is 1. The van der Waals surface area contributed by atoms with Gasteiger partial charge in [-0.15, -0.1) is 10.2 Å². The molecule has 1 fully saturated rings. The number of rotatable bonds is 5. The van der Waals surface area contributed by atoms with Gasteiger partial charge >= 0.3 is 0 Å². The van der Waals surface area contributed by atoms with E-state index in [9.17, 15) is 0 Å². The van der Waals surface area contributed by atoms with Crippen LogP contribution in [0.5, 0.6) is 0 Å². The Morgan fingerprint density at radius 2 is 2.20 bits per heavy atom. The van der Waals surface area contributed by atoms with E-state index in [0.29, 0.717) is 5.92 Å². The molecule has 1 saturated carbocycles. The lowest BCUT2D eigenvalue weighted by Crippen LogP contribution is -2.10. The third-order valence-corrected chi connectivity index (χ3v) is 3.66. The molecule has 3 nitrogen and oxygen atoms in total. The van der Waals surface area contributed by atoms with Crippen molar-refractivity contribution < 1.29 is 0 Å². The highest BCUT2D eigenvalue weighted by Gasteiger charge is 2.32. The van der Waals surface area contributed by atoms with E-state index in [4.69, 9.17) is 0 Å². The minimum absolute atomic E-state index is 0.580. The Morgan fingerprint density at radius 3 is 2.73 bits per heavy atom. The van der Waals surface area contributed by atoms with Crippen LogP contribution in [0, 0.1) is 5.92 Å². The van der Waals surface area contributed by atoms with Gasteiger partial charge in [-0.05, 0) is 25.2 Å². The van der Waals surface area contributed by atoms with Crippen molar-refractivity contribution in [1.82, 2.24) is 14.8 Å². The summed E-state index contributed by atoms with van der Waals surface area (Å²) in [7, 11) is 0. The maximum atomic E-state index is 4.35. The molecule has 1 aliphatic rings. The Labute approximate surface area is 99.4 Å². The van der Waals surface area contributed by atoms with Crippen LogP contribution < -0.4 is 0 Å². The van der Waals surface area contributed by atoms with Gasteiger partial charge in [0.1, 0.15) is 11.6 Å². The molecule has 1 aliphatic carbocycles. The summed E-state index contributed by atoms with van der Waals surface area (Å²) in [5.74, 6) is 3.69. The Hall–Kier alpha value is -0.380. The van der Waals surface area contributed by atoms with Gasteiger partial charge in [0.05, 0.1) is 5.33 Å². The Morgan fingerprint density at radius 1 is 1.47 bits per heavy atom. The molecule has 1 unspecified atom stereocenters. The SMILES string of the molecule is CCCn1c(CBr)nnc1C(C)C1CC1. The van der Waals surface area contributed by atoms with E-state index in [1.54, 1.807) is 0 Å². The smallest absolute Gasteiger partial charge is 0.143 e. The summed E-state index contributed by atoms with van der Waals surface area (Å²) in [5, 5.41) is 9.40. The van der Waals surface area contributed by atoms with Crippen LogP contribution in [-0.2, 0) is 11.9 Å². The molecular weight excluding hydrogens is 254 g/mol. The molecule has 0 saturated heterocycles. The lowest BCUT2D eigenvalue weighted by Gasteiger charge is -2.12. The molecule has 1 atom stereocenters. The summed E-state index contributed by atoms with van der Waals surface area (Å²) < 4.78 is 2.29. The maximum absolute atomic E-state index is 4.35. The van der Waals surface area contributed by atoms with Crippen molar-refractivity contribution in [3.8, 4) is 0 Å². The van der Waals surface area contributed by atoms with Crippen LogP contribution in [0.1, 0.15) is 50.7 Å².